The van der Waals surface area contributed by atoms with Gasteiger partial charge in [-0.3, -0.25) is 0 Å². The van der Waals surface area contributed by atoms with Crippen molar-refractivity contribution in [1.29, 1.82) is 0 Å². The molecule has 112 valence electrons. The maximum atomic E-state index is 9.82. The van der Waals surface area contributed by atoms with Crippen LogP contribution < -0.4 is 4.74 Å². The van der Waals surface area contributed by atoms with Gasteiger partial charge in [0.2, 0.25) is 0 Å². The van der Waals surface area contributed by atoms with Crippen LogP contribution in [0, 0.1) is 6.92 Å². The summed E-state index contributed by atoms with van der Waals surface area (Å²) in [6.07, 6.45) is 0.789. The summed E-state index contributed by atoms with van der Waals surface area (Å²) < 4.78 is 11.7. The lowest BCUT2D eigenvalue weighted by molar-refractivity contribution is -0.162. The summed E-state index contributed by atoms with van der Waals surface area (Å²) >= 11 is 0. The first-order chi connectivity index (χ1) is 10.2. The molecule has 4 nitrogen and oxygen atoms in total. The number of aliphatic hydroxyl groups is 1. The molecule has 2 aromatic rings. The van der Waals surface area contributed by atoms with E-state index in [1.807, 2.05) is 37.3 Å². The van der Waals surface area contributed by atoms with Gasteiger partial charge in [0.15, 0.2) is 0 Å². The van der Waals surface area contributed by atoms with Crippen molar-refractivity contribution in [1.82, 2.24) is 4.98 Å². The monoisotopic (exact) mass is 287 g/mol. The average Bonchev–Trinajstić information content (AvgIpc) is 2.47. The molecule has 21 heavy (non-hydrogen) atoms. The average molecular weight is 287 g/mol. The van der Waals surface area contributed by atoms with E-state index in [0.717, 1.165) is 28.8 Å². The second-order valence-corrected chi connectivity index (χ2v) is 5.58. The van der Waals surface area contributed by atoms with Crippen molar-refractivity contribution in [3.8, 4) is 5.75 Å². The van der Waals surface area contributed by atoms with Gasteiger partial charge < -0.3 is 14.6 Å². The summed E-state index contributed by atoms with van der Waals surface area (Å²) in [4.78, 5) is 4.56. The molecule has 3 unspecified atom stereocenters. The molecule has 0 aliphatic heterocycles. The molecule has 4 heteroatoms. The molecule has 0 saturated heterocycles. The molecule has 1 N–H and O–H groups in total. The van der Waals surface area contributed by atoms with Crippen molar-refractivity contribution < 1.29 is 14.6 Å². The zero-order valence-corrected chi connectivity index (χ0v) is 12.5. The van der Waals surface area contributed by atoms with E-state index in [4.69, 9.17) is 9.47 Å². The molecule has 3 rings (SSSR count). The Kier molecular flexibility index (Phi) is 4.08. The van der Waals surface area contributed by atoms with Crippen LogP contribution in [-0.2, 0) is 4.74 Å². The molecule has 0 spiro atoms. The highest BCUT2D eigenvalue weighted by atomic mass is 16.6. The minimum atomic E-state index is -0.425. The summed E-state index contributed by atoms with van der Waals surface area (Å²) in [5.74, 6) is 0.762. The smallest absolute Gasteiger partial charge is 0.146 e. The standard InChI is InChI=1S/C17H21NO3/c1-3-9-20-17-13(19)10-15(17)21-14-6-4-5-12-8-7-11(2)18-16(12)14/h4-8,13,15,17,19H,3,9-10H2,1-2H3. The van der Waals surface area contributed by atoms with E-state index in [1.165, 1.54) is 0 Å². The van der Waals surface area contributed by atoms with Gasteiger partial charge in [0.1, 0.15) is 23.5 Å². The lowest BCUT2D eigenvalue weighted by atomic mass is 9.88. The lowest BCUT2D eigenvalue weighted by Crippen LogP contribution is -2.55. The van der Waals surface area contributed by atoms with Gasteiger partial charge in [0.05, 0.1) is 6.10 Å². The van der Waals surface area contributed by atoms with E-state index < -0.39 is 6.10 Å². The number of nitrogens with zero attached hydrogens (tertiary/aromatic N) is 1. The third-order valence-corrected chi connectivity index (χ3v) is 3.83. The number of aromatic nitrogens is 1. The quantitative estimate of drug-likeness (QED) is 0.918. The van der Waals surface area contributed by atoms with Gasteiger partial charge in [-0.2, -0.15) is 0 Å². The highest BCUT2D eigenvalue weighted by Crippen LogP contribution is 2.32. The zero-order chi connectivity index (χ0) is 14.8. The Morgan fingerprint density at radius 1 is 1.29 bits per heavy atom. The number of hydrogen-bond acceptors (Lipinski definition) is 4. The number of para-hydroxylation sites is 1. The van der Waals surface area contributed by atoms with Crippen LogP contribution in [0.5, 0.6) is 5.75 Å². The molecule has 1 saturated carbocycles. The fraction of sp³-hybridized carbons (Fsp3) is 0.471. The Hall–Kier alpha value is -1.65. The first kappa shape index (κ1) is 14.3. The van der Waals surface area contributed by atoms with Crippen LogP contribution >= 0.6 is 0 Å². The van der Waals surface area contributed by atoms with Crippen LogP contribution in [0.2, 0.25) is 0 Å². The number of hydrogen-bond donors (Lipinski definition) is 1. The van der Waals surface area contributed by atoms with Gasteiger partial charge in [-0.25, -0.2) is 4.98 Å². The second-order valence-electron chi connectivity index (χ2n) is 5.58. The van der Waals surface area contributed by atoms with Crippen molar-refractivity contribution in [3.63, 3.8) is 0 Å². The number of ether oxygens (including phenoxy) is 2. The van der Waals surface area contributed by atoms with Crippen molar-refractivity contribution >= 4 is 10.9 Å². The van der Waals surface area contributed by atoms with Crippen LogP contribution in [0.15, 0.2) is 30.3 Å². The van der Waals surface area contributed by atoms with Gasteiger partial charge in [0, 0.05) is 24.1 Å². The lowest BCUT2D eigenvalue weighted by Gasteiger charge is -2.40. The van der Waals surface area contributed by atoms with Gasteiger partial charge in [-0.05, 0) is 25.5 Å². The molecule has 1 heterocycles. The van der Waals surface area contributed by atoms with E-state index in [1.54, 1.807) is 0 Å². The van der Waals surface area contributed by atoms with Gasteiger partial charge in [0.25, 0.3) is 0 Å². The number of aryl methyl sites for hydroxylation is 1. The SMILES string of the molecule is CCCOC1C(O)CC1Oc1cccc2ccc(C)nc12. The summed E-state index contributed by atoms with van der Waals surface area (Å²) in [5.41, 5.74) is 1.83. The van der Waals surface area contributed by atoms with E-state index >= 15 is 0 Å². The molecule has 3 atom stereocenters. The topological polar surface area (TPSA) is 51.6 Å². The zero-order valence-electron chi connectivity index (χ0n) is 12.5. The molecule has 1 fully saturated rings. The number of fused-ring (bicyclic) bond motifs is 1. The number of benzene rings is 1. The van der Waals surface area contributed by atoms with Crippen LogP contribution in [0.3, 0.4) is 0 Å². The molecular formula is C17H21NO3. The molecule has 1 aliphatic rings. The second kappa shape index (κ2) is 6.00. The van der Waals surface area contributed by atoms with Crippen LogP contribution in [0.4, 0.5) is 0 Å². The fourth-order valence-electron chi connectivity index (χ4n) is 2.62. The Morgan fingerprint density at radius 3 is 2.90 bits per heavy atom. The first-order valence-electron chi connectivity index (χ1n) is 7.51. The molecule has 0 radical (unpaired) electrons. The van der Waals surface area contributed by atoms with E-state index in [2.05, 4.69) is 11.9 Å². The maximum Gasteiger partial charge on any atom is 0.146 e. The predicted molar refractivity (Wildman–Crippen MR) is 81.6 cm³/mol. The third-order valence-electron chi connectivity index (χ3n) is 3.83. The highest BCUT2D eigenvalue weighted by molar-refractivity contribution is 5.84. The van der Waals surface area contributed by atoms with Gasteiger partial charge in [-0.1, -0.05) is 25.1 Å². The van der Waals surface area contributed by atoms with E-state index in [9.17, 15) is 5.11 Å². The number of pyridine rings is 1. The molecule has 1 aliphatic carbocycles. The van der Waals surface area contributed by atoms with Crippen molar-refractivity contribution in [2.24, 2.45) is 0 Å². The minimum Gasteiger partial charge on any atom is -0.485 e. The Labute approximate surface area is 124 Å². The van der Waals surface area contributed by atoms with Crippen molar-refractivity contribution in [2.75, 3.05) is 6.61 Å². The number of rotatable bonds is 5. The largest absolute Gasteiger partial charge is 0.485 e. The summed E-state index contributed by atoms with van der Waals surface area (Å²) in [7, 11) is 0. The van der Waals surface area contributed by atoms with Crippen molar-refractivity contribution in [2.45, 2.75) is 45.0 Å². The third kappa shape index (κ3) is 2.87. The normalized spacial score (nSPS) is 24.8. The Balaban J connectivity index is 1.80. The molecule has 1 aromatic heterocycles. The van der Waals surface area contributed by atoms with Crippen LogP contribution in [0.25, 0.3) is 10.9 Å². The summed E-state index contributed by atoms with van der Waals surface area (Å²) in [6.45, 7) is 4.67. The summed E-state index contributed by atoms with van der Waals surface area (Å²) in [5, 5.41) is 10.9. The molecule has 0 bridgehead atoms. The molecular weight excluding hydrogens is 266 g/mol. The van der Waals surface area contributed by atoms with E-state index in [-0.39, 0.29) is 12.2 Å². The van der Waals surface area contributed by atoms with Gasteiger partial charge in [-0.15, -0.1) is 0 Å². The Morgan fingerprint density at radius 2 is 2.14 bits per heavy atom. The van der Waals surface area contributed by atoms with Gasteiger partial charge >= 0.3 is 0 Å². The Bertz CT molecular complexity index is 628. The fourth-order valence-corrected chi connectivity index (χ4v) is 2.62. The minimum absolute atomic E-state index is 0.0977. The predicted octanol–water partition coefficient (Wildman–Crippen LogP) is 2.85. The van der Waals surface area contributed by atoms with E-state index in [0.29, 0.717) is 13.0 Å². The van der Waals surface area contributed by atoms with Crippen LogP contribution in [0.1, 0.15) is 25.5 Å². The number of aliphatic hydroxyl groups excluding tert-OH is 1. The first-order valence-corrected chi connectivity index (χ1v) is 7.51. The molecule has 1 aromatic carbocycles. The maximum absolute atomic E-state index is 9.82. The van der Waals surface area contributed by atoms with Crippen molar-refractivity contribution in [3.05, 3.63) is 36.0 Å². The molecule has 0 amide bonds. The summed E-state index contributed by atoms with van der Waals surface area (Å²) in [6, 6.07) is 9.95. The highest BCUT2D eigenvalue weighted by Gasteiger charge is 2.43. The van der Waals surface area contributed by atoms with Crippen LogP contribution in [-0.4, -0.2) is 35.0 Å².